The second-order valence-corrected chi connectivity index (χ2v) is 5.58. The van der Waals surface area contributed by atoms with Gasteiger partial charge in [-0.2, -0.15) is 0 Å². The molecule has 1 aliphatic rings. The molecule has 3 heteroatoms. The lowest BCUT2D eigenvalue weighted by Gasteiger charge is -2.21. The number of hydrogen-bond acceptors (Lipinski definition) is 2. The number of imidazole rings is 1. The summed E-state index contributed by atoms with van der Waals surface area (Å²) >= 11 is 0. The van der Waals surface area contributed by atoms with E-state index in [9.17, 15) is 0 Å². The van der Waals surface area contributed by atoms with Crippen LogP contribution < -0.4 is 5.32 Å². The molecule has 0 atom stereocenters. The van der Waals surface area contributed by atoms with E-state index >= 15 is 0 Å². The van der Waals surface area contributed by atoms with Gasteiger partial charge < -0.3 is 5.32 Å². The highest BCUT2D eigenvalue weighted by Gasteiger charge is 2.13. The Labute approximate surface area is 129 Å². The van der Waals surface area contributed by atoms with Crippen molar-refractivity contribution in [2.75, 3.05) is 5.32 Å². The standard InChI is InChI=1S/C19H17N3/c1-14-7-8-16-11-17(9-10-18(16)21-14)22-13-20-12-19(22)15-5-3-2-4-6-15/h2-6,9-13,21H,1,7-8H2. The van der Waals surface area contributed by atoms with Crippen molar-refractivity contribution in [3.63, 3.8) is 0 Å². The van der Waals surface area contributed by atoms with Crippen LogP contribution in [0.25, 0.3) is 16.9 Å². The number of anilines is 1. The number of aromatic nitrogens is 2. The van der Waals surface area contributed by atoms with Gasteiger partial charge in [0.2, 0.25) is 0 Å². The predicted molar refractivity (Wildman–Crippen MR) is 90.1 cm³/mol. The van der Waals surface area contributed by atoms with Crippen LogP contribution >= 0.6 is 0 Å². The van der Waals surface area contributed by atoms with E-state index in [-0.39, 0.29) is 0 Å². The maximum Gasteiger partial charge on any atom is 0.0997 e. The van der Waals surface area contributed by atoms with E-state index in [1.54, 1.807) is 0 Å². The zero-order valence-corrected chi connectivity index (χ0v) is 12.3. The van der Waals surface area contributed by atoms with Crippen LogP contribution in [0.3, 0.4) is 0 Å². The van der Waals surface area contributed by atoms with Gasteiger partial charge in [0.25, 0.3) is 0 Å². The topological polar surface area (TPSA) is 29.9 Å². The second-order valence-electron chi connectivity index (χ2n) is 5.58. The molecule has 0 saturated heterocycles. The van der Waals surface area contributed by atoms with Gasteiger partial charge >= 0.3 is 0 Å². The average molecular weight is 287 g/mol. The van der Waals surface area contributed by atoms with Crippen LogP contribution in [0.1, 0.15) is 12.0 Å². The number of nitrogens with zero attached hydrogens (tertiary/aromatic N) is 2. The molecule has 1 aliphatic heterocycles. The van der Waals surface area contributed by atoms with Gasteiger partial charge in [-0.05, 0) is 36.6 Å². The molecule has 3 aromatic rings. The van der Waals surface area contributed by atoms with E-state index in [2.05, 4.69) is 63.9 Å². The van der Waals surface area contributed by atoms with Gasteiger partial charge in [0.15, 0.2) is 0 Å². The molecular weight excluding hydrogens is 270 g/mol. The summed E-state index contributed by atoms with van der Waals surface area (Å²) in [4.78, 5) is 4.33. The third kappa shape index (κ3) is 2.21. The lowest BCUT2D eigenvalue weighted by Crippen LogP contribution is -2.09. The van der Waals surface area contributed by atoms with E-state index in [4.69, 9.17) is 0 Å². The Bertz CT molecular complexity index is 831. The summed E-state index contributed by atoms with van der Waals surface area (Å²) in [6.07, 6.45) is 5.81. The largest absolute Gasteiger partial charge is 0.359 e. The molecule has 4 rings (SSSR count). The van der Waals surface area contributed by atoms with Crippen molar-refractivity contribution >= 4 is 5.69 Å². The van der Waals surface area contributed by atoms with E-state index in [0.29, 0.717) is 0 Å². The quantitative estimate of drug-likeness (QED) is 0.756. The summed E-state index contributed by atoms with van der Waals surface area (Å²) in [5, 5.41) is 3.36. The highest BCUT2D eigenvalue weighted by molar-refractivity contribution is 5.65. The Morgan fingerprint density at radius 3 is 2.77 bits per heavy atom. The Balaban J connectivity index is 1.78. The number of benzene rings is 2. The first-order valence-electron chi connectivity index (χ1n) is 7.47. The van der Waals surface area contributed by atoms with Gasteiger partial charge in [-0.25, -0.2) is 4.98 Å². The minimum absolute atomic E-state index is 0.992. The van der Waals surface area contributed by atoms with Gasteiger partial charge in [-0.15, -0.1) is 0 Å². The summed E-state index contributed by atoms with van der Waals surface area (Å²) in [6.45, 7) is 4.01. The summed E-state index contributed by atoms with van der Waals surface area (Å²) in [5.41, 5.74) is 7.01. The Hall–Kier alpha value is -2.81. The number of rotatable bonds is 2. The monoisotopic (exact) mass is 287 g/mol. The number of fused-ring (bicyclic) bond motifs is 1. The third-order valence-electron chi connectivity index (χ3n) is 4.08. The fraction of sp³-hybridized carbons (Fsp3) is 0.105. The molecule has 22 heavy (non-hydrogen) atoms. The summed E-state index contributed by atoms with van der Waals surface area (Å²) in [6, 6.07) is 16.8. The van der Waals surface area contributed by atoms with Crippen LogP contribution in [-0.4, -0.2) is 9.55 Å². The molecule has 3 nitrogen and oxygen atoms in total. The van der Waals surface area contributed by atoms with Gasteiger partial charge in [0, 0.05) is 22.6 Å². The molecule has 1 aromatic heterocycles. The molecule has 0 fully saturated rings. The SMILES string of the molecule is C=C1CCc2cc(-n3cncc3-c3ccccc3)ccc2N1. The fourth-order valence-corrected chi connectivity index (χ4v) is 2.92. The smallest absolute Gasteiger partial charge is 0.0997 e. The first-order chi connectivity index (χ1) is 10.8. The molecule has 1 N–H and O–H groups in total. The number of nitrogens with one attached hydrogen (secondary N) is 1. The van der Waals surface area contributed by atoms with E-state index in [1.165, 1.54) is 16.8 Å². The highest BCUT2D eigenvalue weighted by Crippen LogP contribution is 2.30. The summed E-state index contributed by atoms with van der Waals surface area (Å²) in [5.74, 6) is 0. The van der Waals surface area contributed by atoms with E-state index in [1.807, 2.05) is 18.6 Å². The van der Waals surface area contributed by atoms with Gasteiger partial charge in [0.05, 0.1) is 18.2 Å². The van der Waals surface area contributed by atoms with Gasteiger partial charge in [-0.3, -0.25) is 4.57 Å². The zero-order chi connectivity index (χ0) is 14.9. The number of aryl methyl sites for hydroxylation is 1. The van der Waals surface area contributed by atoms with Gasteiger partial charge in [-0.1, -0.05) is 36.9 Å². The van der Waals surface area contributed by atoms with Gasteiger partial charge in [0.1, 0.15) is 0 Å². The van der Waals surface area contributed by atoms with Crippen LogP contribution in [0.4, 0.5) is 5.69 Å². The average Bonchev–Trinajstić information content (AvgIpc) is 3.05. The molecular formula is C19H17N3. The highest BCUT2D eigenvalue weighted by atomic mass is 15.1. The predicted octanol–water partition coefficient (Wildman–Crippen LogP) is 4.41. The maximum atomic E-state index is 4.33. The van der Waals surface area contributed by atoms with Crippen molar-refractivity contribution in [3.8, 4) is 16.9 Å². The van der Waals surface area contributed by atoms with Crippen molar-refractivity contribution in [3.05, 3.63) is 78.9 Å². The molecule has 0 saturated carbocycles. The summed E-state index contributed by atoms with van der Waals surface area (Å²) in [7, 11) is 0. The van der Waals surface area contributed by atoms with Crippen molar-refractivity contribution in [2.24, 2.45) is 0 Å². The number of allylic oxidation sites excluding steroid dienone is 1. The zero-order valence-electron chi connectivity index (χ0n) is 12.3. The van der Waals surface area contributed by atoms with Crippen molar-refractivity contribution in [2.45, 2.75) is 12.8 Å². The van der Waals surface area contributed by atoms with Crippen LogP contribution in [0, 0.1) is 0 Å². The Kier molecular flexibility index (Phi) is 3.04. The third-order valence-corrected chi connectivity index (χ3v) is 4.08. The van der Waals surface area contributed by atoms with E-state index < -0.39 is 0 Å². The summed E-state index contributed by atoms with van der Waals surface area (Å²) < 4.78 is 2.14. The minimum Gasteiger partial charge on any atom is -0.359 e. The molecule has 2 heterocycles. The lowest BCUT2D eigenvalue weighted by molar-refractivity contribution is 0.913. The molecule has 0 amide bonds. The second kappa shape index (κ2) is 5.19. The molecule has 0 radical (unpaired) electrons. The maximum absolute atomic E-state index is 4.33. The van der Waals surface area contributed by atoms with E-state index in [0.717, 1.165) is 29.9 Å². The number of hydrogen-bond donors (Lipinski definition) is 1. The molecule has 108 valence electrons. The van der Waals surface area contributed by atoms with Crippen LogP contribution in [0.2, 0.25) is 0 Å². The molecule has 2 aromatic carbocycles. The Morgan fingerprint density at radius 2 is 1.91 bits per heavy atom. The lowest BCUT2D eigenvalue weighted by atomic mass is 10.0. The normalized spacial score (nSPS) is 13.5. The van der Waals surface area contributed by atoms with Crippen molar-refractivity contribution in [1.82, 2.24) is 9.55 Å². The van der Waals surface area contributed by atoms with Crippen molar-refractivity contribution < 1.29 is 0 Å². The van der Waals surface area contributed by atoms with Crippen molar-refractivity contribution in [1.29, 1.82) is 0 Å². The van der Waals surface area contributed by atoms with Crippen LogP contribution in [0.15, 0.2) is 73.3 Å². The Morgan fingerprint density at radius 1 is 1.05 bits per heavy atom. The molecule has 0 spiro atoms. The van der Waals surface area contributed by atoms with Crippen LogP contribution in [-0.2, 0) is 6.42 Å². The molecule has 0 bridgehead atoms. The minimum atomic E-state index is 0.992. The fourth-order valence-electron chi connectivity index (χ4n) is 2.92. The molecule has 0 aliphatic carbocycles. The van der Waals surface area contributed by atoms with Crippen LogP contribution in [0.5, 0.6) is 0 Å². The first kappa shape index (κ1) is 12.9. The first-order valence-corrected chi connectivity index (χ1v) is 7.47. The molecule has 0 unspecified atom stereocenters.